The molecule has 2 N–H and O–H groups in total. The maximum absolute atomic E-state index is 11.6. The molecular weight excluding hydrogens is 162 g/mol. The van der Waals surface area contributed by atoms with Crippen LogP contribution in [0.15, 0.2) is 24.3 Å². The van der Waals surface area contributed by atoms with Gasteiger partial charge in [0.25, 0.3) is 0 Å². The van der Waals surface area contributed by atoms with Gasteiger partial charge in [0.1, 0.15) is 0 Å². The lowest BCUT2D eigenvalue weighted by atomic mass is 10.0. The monoisotopic (exact) mass is 177 g/mol. The summed E-state index contributed by atoms with van der Waals surface area (Å²) in [7, 11) is 0. The summed E-state index contributed by atoms with van der Waals surface area (Å²) in [5.74, 6) is 0.0335. The first-order valence-corrected chi connectivity index (χ1v) is 4.51. The highest BCUT2D eigenvalue weighted by molar-refractivity contribution is 6.00. The number of benzene rings is 1. The van der Waals surface area contributed by atoms with E-state index in [4.69, 9.17) is 5.73 Å². The quantitative estimate of drug-likeness (QED) is 0.717. The van der Waals surface area contributed by atoms with Gasteiger partial charge in [-0.25, -0.2) is 0 Å². The first kappa shape index (κ1) is 9.93. The van der Waals surface area contributed by atoms with Gasteiger partial charge in [0, 0.05) is 5.56 Å². The van der Waals surface area contributed by atoms with Crippen LogP contribution in [0.3, 0.4) is 0 Å². The Hall–Kier alpha value is -1.15. The molecule has 0 saturated heterocycles. The van der Waals surface area contributed by atoms with Crippen molar-refractivity contribution in [1.29, 1.82) is 0 Å². The molecule has 0 amide bonds. The lowest BCUT2D eigenvalue weighted by molar-refractivity contribution is 0.0959. The molecule has 2 nitrogen and oxygen atoms in total. The summed E-state index contributed by atoms with van der Waals surface area (Å²) in [6, 6.07) is 7.17. The van der Waals surface area contributed by atoms with E-state index in [-0.39, 0.29) is 11.8 Å². The van der Waals surface area contributed by atoms with E-state index >= 15 is 0 Å². The number of carbonyl (C=O) groups excluding carboxylic acids is 1. The Balaban J connectivity index is 2.89. The summed E-state index contributed by atoms with van der Waals surface area (Å²) < 4.78 is 0. The van der Waals surface area contributed by atoms with E-state index in [0.717, 1.165) is 5.56 Å². The Morgan fingerprint density at radius 1 is 1.54 bits per heavy atom. The molecule has 0 heterocycles. The summed E-state index contributed by atoms with van der Waals surface area (Å²) in [5, 5.41) is 0. The molecule has 0 aliphatic carbocycles. The Bertz CT molecular complexity index is 307. The highest BCUT2D eigenvalue weighted by Gasteiger charge is 2.12. The molecule has 1 rings (SSSR count). The number of Topliss-reactive ketones (excluding diaryl/α,β-unsaturated/α-hetero) is 1. The third-order valence-electron chi connectivity index (χ3n) is 2.08. The van der Waals surface area contributed by atoms with E-state index in [1.807, 2.05) is 38.1 Å². The third kappa shape index (κ3) is 2.39. The molecule has 0 fully saturated rings. The van der Waals surface area contributed by atoms with Gasteiger partial charge in [-0.3, -0.25) is 4.79 Å². The minimum Gasteiger partial charge on any atom is -0.321 e. The Kier molecular flexibility index (Phi) is 3.20. The van der Waals surface area contributed by atoms with Crippen molar-refractivity contribution in [3.63, 3.8) is 0 Å². The summed E-state index contributed by atoms with van der Waals surface area (Å²) >= 11 is 0. The van der Waals surface area contributed by atoms with E-state index in [2.05, 4.69) is 0 Å². The van der Waals surface area contributed by atoms with E-state index in [1.165, 1.54) is 0 Å². The molecule has 0 spiro atoms. The lowest BCUT2D eigenvalue weighted by Gasteiger charge is -2.07. The number of hydrogen-bond acceptors (Lipinski definition) is 2. The molecule has 1 unspecified atom stereocenters. The van der Waals surface area contributed by atoms with Crippen molar-refractivity contribution in [1.82, 2.24) is 0 Å². The molecule has 0 radical (unpaired) electrons. The largest absolute Gasteiger partial charge is 0.321 e. The van der Waals surface area contributed by atoms with Crippen LogP contribution in [-0.4, -0.2) is 11.8 Å². The number of aryl methyl sites for hydroxylation is 1. The van der Waals surface area contributed by atoms with Gasteiger partial charge in [-0.1, -0.05) is 30.7 Å². The zero-order valence-electron chi connectivity index (χ0n) is 8.08. The SMILES string of the molecule is CCC(N)C(=O)c1cccc(C)c1. The molecule has 1 aromatic carbocycles. The van der Waals surface area contributed by atoms with Gasteiger partial charge in [0.05, 0.1) is 6.04 Å². The molecule has 1 aromatic rings. The number of ketones is 1. The van der Waals surface area contributed by atoms with Gasteiger partial charge in [-0.15, -0.1) is 0 Å². The van der Waals surface area contributed by atoms with Crippen LogP contribution >= 0.6 is 0 Å². The number of carbonyl (C=O) groups is 1. The molecule has 0 aliphatic heterocycles. The van der Waals surface area contributed by atoms with Crippen molar-refractivity contribution in [3.05, 3.63) is 35.4 Å². The average molecular weight is 177 g/mol. The average Bonchev–Trinajstić information content (AvgIpc) is 2.15. The molecule has 0 aromatic heterocycles. The second-order valence-electron chi connectivity index (χ2n) is 3.25. The van der Waals surface area contributed by atoms with Crippen LogP contribution in [-0.2, 0) is 0 Å². The molecule has 0 saturated carbocycles. The molecule has 1 atom stereocenters. The van der Waals surface area contributed by atoms with Crippen molar-refractivity contribution in [2.24, 2.45) is 5.73 Å². The Morgan fingerprint density at radius 3 is 2.77 bits per heavy atom. The number of rotatable bonds is 3. The normalized spacial score (nSPS) is 12.5. The first-order valence-electron chi connectivity index (χ1n) is 4.51. The summed E-state index contributed by atoms with van der Waals surface area (Å²) in [4.78, 5) is 11.6. The van der Waals surface area contributed by atoms with Gasteiger partial charge >= 0.3 is 0 Å². The highest BCUT2D eigenvalue weighted by atomic mass is 16.1. The second kappa shape index (κ2) is 4.19. The van der Waals surface area contributed by atoms with Crippen LogP contribution in [0.1, 0.15) is 29.3 Å². The lowest BCUT2D eigenvalue weighted by Crippen LogP contribution is -2.29. The molecule has 70 valence electrons. The Morgan fingerprint density at radius 2 is 2.23 bits per heavy atom. The van der Waals surface area contributed by atoms with Crippen molar-refractivity contribution < 1.29 is 4.79 Å². The fourth-order valence-corrected chi connectivity index (χ4v) is 1.20. The predicted molar refractivity (Wildman–Crippen MR) is 53.8 cm³/mol. The van der Waals surface area contributed by atoms with E-state index in [1.54, 1.807) is 0 Å². The molecular formula is C11H15NO. The van der Waals surface area contributed by atoms with Crippen LogP contribution < -0.4 is 5.73 Å². The second-order valence-corrected chi connectivity index (χ2v) is 3.25. The van der Waals surface area contributed by atoms with Gasteiger partial charge in [-0.05, 0) is 19.4 Å². The van der Waals surface area contributed by atoms with E-state index in [0.29, 0.717) is 12.0 Å². The summed E-state index contributed by atoms with van der Waals surface area (Å²) in [6.07, 6.45) is 0.687. The van der Waals surface area contributed by atoms with Crippen LogP contribution in [0.25, 0.3) is 0 Å². The minimum atomic E-state index is -0.359. The van der Waals surface area contributed by atoms with Crippen LogP contribution in [0, 0.1) is 6.92 Å². The fourth-order valence-electron chi connectivity index (χ4n) is 1.20. The summed E-state index contributed by atoms with van der Waals surface area (Å²) in [6.45, 7) is 3.88. The maximum atomic E-state index is 11.6. The highest BCUT2D eigenvalue weighted by Crippen LogP contribution is 2.07. The van der Waals surface area contributed by atoms with Crippen molar-refractivity contribution in [3.8, 4) is 0 Å². The smallest absolute Gasteiger partial charge is 0.179 e. The zero-order chi connectivity index (χ0) is 9.84. The number of nitrogens with two attached hydrogens (primary N) is 1. The van der Waals surface area contributed by atoms with Crippen LogP contribution in [0.5, 0.6) is 0 Å². The predicted octanol–water partition coefficient (Wildman–Crippen LogP) is 1.92. The van der Waals surface area contributed by atoms with Crippen molar-refractivity contribution in [2.45, 2.75) is 26.3 Å². The minimum absolute atomic E-state index is 0.0335. The fraction of sp³-hybridized carbons (Fsp3) is 0.364. The molecule has 2 heteroatoms. The summed E-state index contributed by atoms with van der Waals surface area (Å²) in [5.41, 5.74) is 7.46. The molecule has 0 aliphatic rings. The zero-order valence-corrected chi connectivity index (χ0v) is 8.08. The number of hydrogen-bond donors (Lipinski definition) is 1. The van der Waals surface area contributed by atoms with Gasteiger partial charge < -0.3 is 5.73 Å². The third-order valence-corrected chi connectivity index (χ3v) is 2.08. The molecule has 13 heavy (non-hydrogen) atoms. The van der Waals surface area contributed by atoms with Crippen LogP contribution in [0.4, 0.5) is 0 Å². The van der Waals surface area contributed by atoms with Gasteiger partial charge in [0.2, 0.25) is 0 Å². The first-order chi connectivity index (χ1) is 6.15. The van der Waals surface area contributed by atoms with Crippen LogP contribution in [0.2, 0.25) is 0 Å². The van der Waals surface area contributed by atoms with E-state index in [9.17, 15) is 4.79 Å². The van der Waals surface area contributed by atoms with Gasteiger partial charge in [-0.2, -0.15) is 0 Å². The Labute approximate surface area is 78.8 Å². The van der Waals surface area contributed by atoms with Gasteiger partial charge in [0.15, 0.2) is 5.78 Å². The van der Waals surface area contributed by atoms with E-state index < -0.39 is 0 Å². The van der Waals surface area contributed by atoms with Crippen molar-refractivity contribution >= 4 is 5.78 Å². The van der Waals surface area contributed by atoms with Crippen molar-refractivity contribution in [2.75, 3.05) is 0 Å². The topological polar surface area (TPSA) is 43.1 Å². The standard InChI is InChI=1S/C11H15NO/c1-3-10(12)11(13)9-6-4-5-8(2)7-9/h4-7,10H,3,12H2,1-2H3. The maximum Gasteiger partial charge on any atom is 0.179 e. The molecule has 0 bridgehead atoms.